The van der Waals surface area contributed by atoms with Crippen LogP contribution in [0, 0.1) is 0 Å². The predicted octanol–water partition coefficient (Wildman–Crippen LogP) is 4.05. The van der Waals surface area contributed by atoms with Crippen molar-refractivity contribution >= 4 is 11.0 Å². The fraction of sp³-hybridized carbons (Fsp3) is 0.333. The van der Waals surface area contributed by atoms with E-state index < -0.39 is 0 Å². The molecule has 0 atom stereocenters. The number of methoxy groups -OCH3 is 1. The van der Waals surface area contributed by atoms with E-state index in [4.69, 9.17) is 14.5 Å². The molecule has 0 unspecified atom stereocenters. The summed E-state index contributed by atoms with van der Waals surface area (Å²) in [6.45, 7) is 0.526. The Labute approximate surface area is 218 Å². The second-order valence-corrected chi connectivity index (χ2v) is 9.47. The molecule has 0 radical (unpaired) electrons. The van der Waals surface area contributed by atoms with Gasteiger partial charge in [-0.15, -0.1) is 15.3 Å². The van der Waals surface area contributed by atoms with Crippen LogP contribution in [0.2, 0.25) is 0 Å². The molecule has 2 aromatic carbocycles. The fourth-order valence-corrected chi connectivity index (χ4v) is 5.28. The first-order valence-corrected chi connectivity index (χ1v) is 12.8. The fourth-order valence-electron chi connectivity index (χ4n) is 5.28. The lowest BCUT2D eigenvalue weighted by atomic mass is 9.88. The van der Waals surface area contributed by atoms with Gasteiger partial charge in [0.2, 0.25) is 5.82 Å². The first-order valence-electron chi connectivity index (χ1n) is 12.8. The van der Waals surface area contributed by atoms with Crippen molar-refractivity contribution in [2.45, 2.75) is 44.6 Å². The smallest absolute Gasteiger partial charge is 0.290 e. The highest BCUT2D eigenvalue weighted by atomic mass is 16.7. The summed E-state index contributed by atoms with van der Waals surface area (Å²) in [5.74, 6) is 2.01. The Morgan fingerprint density at radius 1 is 1.00 bits per heavy atom. The second-order valence-electron chi connectivity index (χ2n) is 9.47. The van der Waals surface area contributed by atoms with E-state index in [1.54, 1.807) is 7.11 Å². The second kappa shape index (κ2) is 10.5. The lowest BCUT2D eigenvalue weighted by molar-refractivity contribution is 0.0482. The number of fused-ring (bicyclic) bond motifs is 1. The standard InChI is InChI=1S/C27H28N8O3/c1-37-16-38-27-22-23(26(36)31-32-27)35(25(28-22)19-7-3-2-4-8-19)15-17-11-13-18(14-12-17)20-9-5-6-10-21(20)24-29-33-34-30-24/h5-6,9-14,19H,2-4,7-8,15-16H2,1H3,(H,31,36)(H,29,30,33,34). The lowest BCUT2D eigenvalue weighted by Crippen LogP contribution is -2.17. The first-order chi connectivity index (χ1) is 18.7. The van der Waals surface area contributed by atoms with Crippen molar-refractivity contribution in [1.29, 1.82) is 0 Å². The molecular formula is C27H28N8O3. The van der Waals surface area contributed by atoms with Crippen molar-refractivity contribution in [1.82, 2.24) is 40.4 Å². The van der Waals surface area contributed by atoms with Crippen LogP contribution in [0.25, 0.3) is 33.5 Å². The summed E-state index contributed by atoms with van der Waals surface area (Å²) in [5, 5.41) is 21.2. The van der Waals surface area contributed by atoms with E-state index in [0.717, 1.165) is 53.8 Å². The third-order valence-electron chi connectivity index (χ3n) is 7.08. The van der Waals surface area contributed by atoms with Crippen LogP contribution in [0.1, 0.15) is 49.4 Å². The van der Waals surface area contributed by atoms with E-state index in [0.29, 0.717) is 23.4 Å². The van der Waals surface area contributed by atoms with Gasteiger partial charge in [-0.1, -0.05) is 67.8 Å². The summed E-state index contributed by atoms with van der Waals surface area (Å²) in [7, 11) is 1.54. The zero-order valence-electron chi connectivity index (χ0n) is 21.1. The normalized spacial score (nSPS) is 14.2. The molecule has 0 aliphatic heterocycles. The molecule has 1 aliphatic rings. The molecule has 194 valence electrons. The summed E-state index contributed by atoms with van der Waals surface area (Å²) in [6.07, 6.45) is 5.64. The number of H-pyrrole nitrogens is 2. The van der Waals surface area contributed by atoms with E-state index in [2.05, 4.69) is 55.1 Å². The molecule has 0 bridgehead atoms. The average Bonchev–Trinajstić information content (AvgIpc) is 3.63. The molecule has 0 amide bonds. The van der Waals surface area contributed by atoms with Gasteiger partial charge in [0, 0.05) is 25.1 Å². The van der Waals surface area contributed by atoms with Crippen LogP contribution >= 0.6 is 0 Å². The monoisotopic (exact) mass is 512 g/mol. The predicted molar refractivity (Wildman–Crippen MR) is 141 cm³/mol. The molecule has 38 heavy (non-hydrogen) atoms. The van der Waals surface area contributed by atoms with E-state index in [1.165, 1.54) is 6.42 Å². The van der Waals surface area contributed by atoms with E-state index in [1.807, 2.05) is 28.8 Å². The number of hydrogen-bond acceptors (Lipinski definition) is 8. The van der Waals surface area contributed by atoms with Crippen molar-refractivity contribution in [2.24, 2.45) is 0 Å². The minimum atomic E-state index is -0.287. The van der Waals surface area contributed by atoms with Crippen LogP contribution in [0.15, 0.2) is 53.3 Å². The maximum Gasteiger partial charge on any atom is 0.290 e. The van der Waals surface area contributed by atoms with Gasteiger partial charge in [-0.05, 0) is 34.7 Å². The van der Waals surface area contributed by atoms with Gasteiger partial charge >= 0.3 is 0 Å². The third-order valence-corrected chi connectivity index (χ3v) is 7.08. The molecule has 3 aromatic heterocycles. The van der Waals surface area contributed by atoms with E-state index in [-0.39, 0.29) is 24.2 Å². The molecule has 5 aromatic rings. The molecule has 6 rings (SSSR count). The Morgan fingerprint density at radius 2 is 1.79 bits per heavy atom. The first kappa shape index (κ1) is 24.0. The summed E-state index contributed by atoms with van der Waals surface area (Å²) in [5.41, 5.74) is 4.66. The number of tetrazole rings is 1. The molecule has 1 aliphatic carbocycles. The van der Waals surface area contributed by atoms with Crippen LogP contribution in [0.4, 0.5) is 0 Å². The number of hydrogen-bond donors (Lipinski definition) is 2. The number of imidazole rings is 1. The highest BCUT2D eigenvalue weighted by Gasteiger charge is 2.26. The summed E-state index contributed by atoms with van der Waals surface area (Å²) in [4.78, 5) is 17.9. The number of benzene rings is 2. The number of nitrogens with zero attached hydrogens (tertiary/aromatic N) is 6. The Kier molecular flexibility index (Phi) is 6.65. The van der Waals surface area contributed by atoms with Crippen LogP contribution < -0.4 is 10.3 Å². The van der Waals surface area contributed by atoms with Crippen molar-refractivity contribution in [3.05, 3.63) is 70.3 Å². The molecule has 11 nitrogen and oxygen atoms in total. The Morgan fingerprint density at radius 3 is 2.53 bits per heavy atom. The van der Waals surface area contributed by atoms with Gasteiger partial charge < -0.3 is 14.0 Å². The number of ether oxygens (including phenoxy) is 2. The molecule has 0 spiro atoms. The van der Waals surface area contributed by atoms with Gasteiger partial charge in [0.15, 0.2) is 12.3 Å². The average molecular weight is 513 g/mol. The molecule has 2 N–H and O–H groups in total. The summed E-state index contributed by atoms with van der Waals surface area (Å²) < 4.78 is 12.7. The number of aromatic nitrogens is 8. The third kappa shape index (κ3) is 4.56. The molecule has 1 fully saturated rings. The molecular weight excluding hydrogens is 484 g/mol. The maximum atomic E-state index is 13.0. The molecule has 0 saturated heterocycles. The molecule has 1 saturated carbocycles. The number of aromatic amines is 2. The van der Waals surface area contributed by atoms with Gasteiger partial charge in [0.05, 0.1) is 0 Å². The molecule has 3 heterocycles. The van der Waals surface area contributed by atoms with Gasteiger partial charge in [-0.25, -0.2) is 10.1 Å². The number of rotatable bonds is 8. The topological polar surface area (TPSA) is 136 Å². The zero-order chi connectivity index (χ0) is 25.9. The van der Waals surface area contributed by atoms with Crippen LogP contribution in [-0.2, 0) is 11.3 Å². The minimum absolute atomic E-state index is 0.0204. The lowest BCUT2D eigenvalue weighted by Gasteiger charge is -2.22. The van der Waals surface area contributed by atoms with Crippen molar-refractivity contribution in [3.8, 4) is 28.4 Å². The van der Waals surface area contributed by atoms with Gasteiger partial charge in [0.1, 0.15) is 11.3 Å². The van der Waals surface area contributed by atoms with Crippen LogP contribution in [0.5, 0.6) is 5.88 Å². The van der Waals surface area contributed by atoms with Crippen molar-refractivity contribution < 1.29 is 9.47 Å². The van der Waals surface area contributed by atoms with Crippen molar-refractivity contribution in [2.75, 3.05) is 13.9 Å². The van der Waals surface area contributed by atoms with Gasteiger partial charge in [0.25, 0.3) is 11.4 Å². The van der Waals surface area contributed by atoms with E-state index >= 15 is 0 Å². The van der Waals surface area contributed by atoms with Crippen LogP contribution in [0.3, 0.4) is 0 Å². The van der Waals surface area contributed by atoms with E-state index in [9.17, 15) is 4.79 Å². The molecule has 11 heteroatoms. The summed E-state index contributed by atoms with van der Waals surface area (Å²) >= 11 is 0. The Hall–Kier alpha value is -4.38. The minimum Gasteiger partial charge on any atom is -0.448 e. The highest BCUT2D eigenvalue weighted by molar-refractivity contribution is 5.81. The number of nitrogens with one attached hydrogen (secondary N) is 2. The largest absolute Gasteiger partial charge is 0.448 e. The summed E-state index contributed by atoms with van der Waals surface area (Å²) in [6, 6.07) is 16.3. The quantitative estimate of drug-likeness (QED) is 0.297. The van der Waals surface area contributed by atoms with Crippen molar-refractivity contribution in [3.63, 3.8) is 0 Å². The van der Waals surface area contributed by atoms with Gasteiger partial charge in [-0.3, -0.25) is 4.79 Å². The van der Waals surface area contributed by atoms with Crippen LogP contribution in [-0.4, -0.2) is 54.3 Å². The zero-order valence-corrected chi connectivity index (χ0v) is 21.1. The Bertz CT molecular complexity index is 1590. The Balaban J connectivity index is 1.38. The maximum absolute atomic E-state index is 13.0. The SMILES string of the molecule is COCOc1n[nH]c(=O)c2c1nc(C1CCCCC1)n2Cc1ccc(-c2ccccc2-c2nn[nH]n2)cc1. The van der Waals surface area contributed by atoms with Gasteiger partial charge in [-0.2, -0.15) is 5.21 Å². The highest BCUT2D eigenvalue weighted by Crippen LogP contribution is 2.35.